The van der Waals surface area contributed by atoms with Crippen LogP contribution in [0.25, 0.3) is 22.2 Å². The van der Waals surface area contributed by atoms with E-state index in [1.807, 2.05) is 6.07 Å². The maximum atomic E-state index is 14.0. The largest absolute Gasteiger partial charge is 0.437 e. The van der Waals surface area contributed by atoms with Gasteiger partial charge >= 0.3 is 6.18 Å². The Morgan fingerprint density at radius 3 is 2.53 bits per heavy atom. The first kappa shape index (κ1) is 24.6. The molecule has 0 aliphatic heterocycles. The number of para-hydroxylation sites is 1. The van der Waals surface area contributed by atoms with Crippen LogP contribution in [0, 0.1) is 18.3 Å². The quantitative estimate of drug-likeness (QED) is 0.312. The van der Waals surface area contributed by atoms with E-state index in [1.54, 1.807) is 79.1 Å². The summed E-state index contributed by atoms with van der Waals surface area (Å²) in [5, 5.41) is 15.7. The summed E-state index contributed by atoms with van der Waals surface area (Å²) >= 11 is 0. The molecule has 0 saturated heterocycles. The number of pyridine rings is 2. The summed E-state index contributed by atoms with van der Waals surface area (Å²) in [6.45, 7) is 1.49. The van der Waals surface area contributed by atoms with Gasteiger partial charge in [0.2, 0.25) is 0 Å². The van der Waals surface area contributed by atoms with E-state index in [0.717, 1.165) is 0 Å². The molecular formula is C28H19F3N6O. The second-order valence-electron chi connectivity index (χ2n) is 8.54. The minimum atomic E-state index is -4.80. The van der Waals surface area contributed by atoms with Gasteiger partial charge in [-0.1, -0.05) is 30.3 Å². The van der Waals surface area contributed by atoms with E-state index in [9.17, 15) is 18.0 Å². The summed E-state index contributed by atoms with van der Waals surface area (Å²) in [6.07, 6.45) is -1.60. The molecule has 38 heavy (non-hydrogen) atoms. The van der Waals surface area contributed by atoms with E-state index in [1.165, 1.54) is 11.6 Å². The molecule has 0 aliphatic rings. The van der Waals surface area contributed by atoms with Crippen molar-refractivity contribution >= 4 is 22.5 Å². The van der Waals surface area contributed by atoms with E-state index in [0.29, 0.717) is 33.3 Å². The van der Waals surface area contributed by atoms with Crippen molar-refractivity contribution < 1.29 is 18.0 Å². The number of aromatic nitrogens is 4. The number of rotatable bonds is 5. The average molecular weight is 512 g/mol. The number of fused-ring (bicyclic) bond motifs is 1. The highest BCUT2D eigenvalue weighted by Crippen LogP contribution is 2.36. The smallest absolute Gasteiger partial charge is 0.319 e. The van der Waals surface area contributed by atoms with Crippen LogP contribution >= 0.6 is 0 Å². The maximum absolute atomic E-state index is 14.0. The number of hydrogen-bond donors (Lipinski definition) is 1. The monoisotopic (exact) mass is 512 g/mol. The highest BCUT2D eigenvalue weighted by Gasteiger charge is 2.39. The minimum absolute atomic E-state index is 0.0276. The predicted octanol–water partition coefficient (Wildman–Crippen LogP) is 5.99. The molecule has 0 aliphatic carbocycles. The van der Waals surface area contributed by atoms with Crippen molar-refractivity contribution in [2.24, 2.45) is 0 Å². The molecule has 1 amide bonds. The molecule has 7 nitrogen and oxygen atoms in total. The van der Waals surface area contributed by atoms with Crippen LogP contribution in [0.15, 0.2) is 79.1 Å². The molecule has 1 N–H and O–H groups in total. The molecule has 3 heterocycles. The van der Waals surface area contributed by atoms with Crippen LogP contribution in [0.1, 0.15) is 32.9 Å². The van der Waals surface area contributed by atoms with Gasteiger partial charge in [-0.3, -0.25) is 14.5 Å². The molecule has 2 aromatic carbocycles. The van der Waals surface area contributed by atoms with Crippen molar-refractivity contribution in [3.05, 3.63) is 107 Å². The molecule has 0 bridgehead atoms. The molecule has 3 aromatic heterocycles. The lowest BCUT2D eigenvalue weighted by Gasteiger charge is -2.12. The molecule has 0 unspecified atom stereocenters. The van der Waals surface area contributed by atoms with E-state index in [4.69, 9.17) is 5.26 Å². The Labute approximate surface area is 215 Å². The predicted molar refractivity (Wildman–Crippen MR) is 135 cm³/mol. The van der Waals surface area contributed by atoms with Gasteiger partial charge in [0.25, 0.3) is 5.91 Å². The number of halogens is 3. The number of carbonyl (C=O) groups is 1. The number of nitrogens with one attached hydrogen (secondary N) is 1. The Morgan fingerprint density at radius 1 is 1.08 bits per heavy atom. The zero-order chi connectivity index (χ0) is 26.9. The van der Waals surface area contributed by atoms with Crippen molar-refractivity contribution in [1.29, 1.82) is 5.26 Å². The molecule has 0 saturated carbocycles. The summed E-state index contributed by atoms with van der Waals surface area (Å²) < 4.78 is 43.2. The van der Waals surface area contributed by atoms with E-state index < -0.39 is 23.5 Å². The third-order valence-corrected chi connectivity index (χ3v) is 6.05. The van der Waals surface area contributed by atoms with Crippen LogP contribution < -0.4 is 5.32 Å². The minimum Gasteiger partial charge on any atom is -0.319 e. The van der Waals surface area contributed by atoms with E-state index in [2.05, 4.69) is 20.4 Å². The van der Waals surface area contributed by atoms with Gasteiger partial charge in [0.1, 0.15) is 0 Å². The number of anilines is 1. The second kappa shape index (κ2) is 9.78. The zero-order valence-corrected chi connectivity index (χ0v) is 20.0. The summed E-state index contributed by atoms with van der Waals surface area (Å²) in [5.74, 6) is -0.722. The van der Waals surface area contributed by atoms with Gasteiger partial charge < -0.3 is 5.32 Å². The third kappa shape index (κ3) is 4.82. The van der Waals surface area contributed by atoms with E-state index in [-0.39, 0.29) is 17.8 Å². The van der Waals surface area contributed by atoms with Crippen LogP contribution in [0.4, 0.5) is 18.9 Å². The maximum Gasteiger partial charge on any atom is 0.437 e. The van der Waals surface area contributed by atoms with Crippen molar-refractivity contribution in [3.63, 3.8) is 0 Å². The number of hydrogen-bond acceptors (Lipinski definition) is 5. The Bertz CT molecular complexity index is 1690. The lowest BCUT2D eigenvalue weighted by molar-refractivity contribution is -0.140. The van der Waals surface area contributed by atoms with Gasteiger partial charge in [-0.05, 0) is 48.9 Å². The van der Waals surface area contributed by atoms with Gasteiger partial charge in [0.05, 0.1) is 46.3 Å². The van der Waals surface area contributed by atoms with Gasteiger partial charge in [0, 0.05) is 23.3 Å². The van der Waals surface area contributed by atoms with E-state index >= 15 is 0 Å². The topological polar surface area (TPSA) is 96.5 Å². The van der Waals surface area contributed by atoms with Crippen molar-refractivity contribution in [2.45, 2.75) is 19.6 Å². The van der Waals surface area contributed by atoms with Gasteiger partial charge in [-0.15, -0.1) is 0 Å². The van der Waals surface area contributed by atoms with Crippen LogP contribution in [0.5, 0.6) is 0 Å². The standard InChI is InChI=1S/C28H19F3N6O/c1-17-25(26(28(29,30)31)36-37(17)16-19-10-8-18(14-32)9-11-19)35-27(38)22-13-24(20-5-4-12-33-15-20)34-23-7-3-2-6-21(22)23/h2-13,15H,16H2,1H3,(H,35,38). The molecule has 0 atom stereocenters. The molecule has 10 heteroatoms. The third-order valence-electron chi connectivity index (χ3n) is 6.05. The molecule has 5 aromatic rings. The normalized spacial score (nSPS) is 11.3. The molecule has 0 spiro atoms. The van der Waals surface area contributed by atoms with Gasteiger partial charge in [0.15, 0.2) is 5.69 Å². The molecule has 5 rings (SSSR count). The van der Waals surface area contributed by atoms with Crippen LogP contribution in [-0.4, -0.2) is 25.7 Å². The lowest BCUT2D eigenvalue weighted by Crippen LogP contribution is -2.17. The van der Waals surface area contributed by atoms with Crippen LogP contribution in [-0.2, 0) is 12.7 Å². The fourth-order valence-electron chi connectivity index (χ4n) is 4.11. The first-order valence-electron chi connectivity index (χ1n) is 11.5. The van der Waals surface area contributed by atoms with Gasteiger partial charge in [-0.25, -0.2) is 4.98 Å². The summed E-state index contributed by atoms with van der Waals surface area (Å²) in [7, 11) is 0. The van der Waals surface area contributed by atoms with Crippen LogP contribution in [0.2, 0.25) is 0 Å². The summed E-state index contributed by atoms with van der Waals surface area (Å²) in [5.41, 5.74) is 1.43. The average Bonchev–Trinajstić information content (AvgIpc) is 3.24. The van der Waals surface area contributed by atoms with Crippen molar-refractivity contribution in [3.8, 4) is 17.3 Å². The highest BCUT2D eigenvalue weighted by atomic mass is 19.4. The number of benzene rings is 2. The Morgan fingerprint density at radius 2 is 1.84 bits per heavy atom. The SMILES string of the molecule is Cc1c(NC(=O)c2cc(-c3cccnc3)nc3ccccc23)c(C(F)(F)F)nn1Cc1ccc(C#N)cc1. The highest BCUT2D eigenvalue weighted by molar-refractivity contribution is 6.13. The first-order chi connectivity index (χ1) is 18.2. The Kier molecular flexibility index (Phi) is 6.34. The van der Waals surface area contributed by atoms with Crippen molar-refractivity contribution in [1.82, 2.24) is 19.7 Å². The summed E-state index contributed by atoms with van der Waals surface area (Å²) in [6, 6.07) is 20.4. The Balaban J connectivity index is 1.55. The molecule has 188 valence electrons. The second-order valence-corrected chi connectivity index (χ2v) is 8.54. The Hall–Kier alpha value is -5.04. The lowest BCUT2D eigenvalue weighted by atomic mass is 10.0. The number of alkyl halides is 3. The number of nitriles is 1. The fraction of sp³-hybridized carbons (Fsp3) is 0.107. The fourth-order valence-corrected chi connectivity index (χ4v) is 4.11. The first-order valence-corrected chi connectivity index (χ1v) is 11.5. The number of amides is 1. The van der Waals surface area contributed by atoms with Gasteiger partial charge in [-0.2, -0.15) is 23.5 Å². The number of nitrogens with zero attached hydrogens (tertiary/aromatic N) is 5. The summed E-state index contributed by atoms with van der Waals surface area (Å²) in [4.78, 5) is 22.2. The van der Waals surface area contributed by atoms with Crippen LogP contribution in [0.3, 0.4) is 0 Å². The van der Waals surface area contributed by atoms with Crippen molar-refractivity contribution in [2.75, 3.05) is 5.32 Å². The zero-order valence-electron chi connectivity index (χ0n) is 20.0. The molecule has 0 fully saturated rings. The number of carbonyl (C=O) groups excluding carboxylic acids is 1. The molecular weight excluding hydrogens is 493 g/mol. The molecule has 0 radical (unpaired) electrons.